The second-order valence-electron chi connectivity index (χ2n) is 6.68. The maximum absolute atomic E-state index is 9.37. The minimum absolute atomic E-state index is 0.284. The minimum Gasteiger partial charge on any atom is -0.299 e. The van der Waals surface area contributed by atoms with Gasteiger partial charge in [-0.1, -0.05) is 33.1 Å². The molecule has 17 heavy (non-hydrogen) atoms. The molecular weight excluding hydrogens is 208 g/mol. The van der Waals surface area contributed by atoms with E-state index < -0.39 is 0 Å². The maximum atomic E-state index is 9.37. The zero-order valence-electron chi connectivity index (χ0n) is 11.4. The molecule has 1 aliphatic carbocycles. The van der Waals surface area contributed by atoms with Gasteiger partial charge in [0.15, 0.2) is 0 Å². The summed E-state index contributed by atoms with van der Waals surface area (Å²) in [6.45, 7) is 7.15. The summed E-state index contributed by atoms with van der Waals surface area (Å²) < 4.78 is 0. The van der Waals surface area contributed by atoms with E-state index in [1.807, 2.05) is 0 Å². The molecule has 2 aliphatic rings. The van der Waals surface area contributed by atoms with Crippen LogP contribution in [0.3, 0.4) is 0 Å². The van der Waals surface area contributed by atoms with Gasteiger partial charge in [0.05, 0.1) is 12.0 Å². The Kier molecular flexibility index (Phi) is 4.09. The molecule has 0 N–H and O–H groups in total. The maximum Gasteiger partial charge on any atom is 0.0672 e. The van der Waals surface area contributed by atoms with Gasteiger partial charge in [0.2, 0.25) is 0 Å². The highest BCUT2D eigenvalue weighted by Gasteiger charge is 2.34. The fourth-order valence-corrected chi connectivity index (χ4v) is 3.63. The third kappa shape index (κ3) is 3.22. The number of hydrogen-bond donors (Lipinski definition) is 0. The molecule has 1 heterocycles. The van der Waals surface area contributed by atoms with Crippen LogP contribution in [0.15, 0.2) is 0 Å². The van der Waals surface area contributed by atoms with Crippen molar-refractivity contribution < 1.29 is 0 Å². The van der Waals surface area contributed by atoms with Crippen LogP contribution >= 0.6 is 0 Å². The number of rotatable bonds is 1. The Morgan fingerprint density at radius 3 is 2.59 bits per heavy atom. The van der Waals surface area contributed by atoms with Gasteiger partial charge in [0.1, 0.15) is 0 Å². The van der Waals surface area contributed by atoms with Crippen molar-refractivity contribution in [1.82, 2.24) is 4.90 Å². The Balaban J connectivity index is 2.05. The summed E-state index contributed by atoms with van der Waals surface area (Å²) in [7, 11) is 0. The highest BCUT2D eigenvalue weighted by molar-refractivity contribution is 4.96. The monoisotopic (exact) mass is 234 g/mol. The van der Waals surface area contributed by atoms with Crippen LogP contribution < -0.4 is 0 Å². The molecule has 1 aliphatic heterocycles. The van der Waals surface area contributed by atoms with Gasteiger partial charge in [-0.3, -0.25) is 4.90 Å². The first kappa shape index (κ1) is 12.9. The summed E-state index contributed by atoms with van der Waals surface area (Å²) in [6.07, 6.45) is 8.92. The van der Waals surface area contributed by atoms with Crippen molar-refractivity contribution in [3.8, 4) is 6.07 Å². The van der Waals surface area contributed by atoms with Crippen LogP contribution in [-0.2, 0) is 0 Å². The van der Waals surface area contributed by atoms with Crippen LogP contribution in [0.25, 0.3) is 0 Å². The standard InChI is InChI=1S/C15H26N2/c1-15(2)9-6-10-17(12-15)14-8-5-3-4-7-13(14)11-16/h13-14H,3-10,12H2,1-2H3. The van der Waals surface area contributed by atoms with E-state index in [0.717, 1.165) is 6.42 Å². The predicted octanol–water partition coefficient (Wildman–Crippen LogP) is 3.58. The molecule has 2 rings (SSSR count). The van der Waals surface area contributed by atoms with Crippen molar-refractivity contribution in [2.75, 3.05) is 13.1 Å². The van der Waals surface area contributed by atoms with E-state index >= 15 is 0 Å². The van der Waals surface area contributed by atoms with Crippen LogP contribution in [0.5, 0.6) is 0 Å². The van der Waals surface area contributed by atoms with Crippen LogP contribution in [0, 0.1) is 22.7 Å². The van der Waals surface area contributed by atoms with Gasteiger partial charge in [0, 0.05) is 12.6 Å². The molecule has 0 amide bonds. The smallest absolute Gasteiger partial charge is 0.0672 e. The third-order valence-electron chi connectivity index (χ3n) is 4.54. The third-order valence-corrected chi connectivity index (χ3v) is 4.54. The average molecular weight is 234 g/mol. The summed E-state index contributed by atoms with van der Waals surface area (Å²) in [4.78, 5) is 2.63. The fraction of sp³-hybridized carbons (Fsp3) is 0.933. The van der Waals surface area contributed by atoms with E-state index in [9.17, 15) is 5.26 Å². The summed E-state index contributed by atoms with van der Waals surface area (Å²) >= 11 is 0. The zero-order chi connectivity index (χ0) is 12.3. The first-order chi connectivity index (χ1) is 8.12. The summed E-state index contributed by atoms with van der Waals surface area (Å²) in [5.74, 6) is 0.284. The topological polar surface area (TPSA) is 27.0 Å². The lowest BCUT2D eigenvalue weighted by molar-refractivity contribution is 0.0587. The van der Waals surface area contributed by atoms with Crippen molar-refractivity contribution in [1.29, 1.82) is 5.26 Å². The van der Waals surface area contributed by atoms with Crippen LogP contribution in [0.1, 0.15) is 58.8 Å². The lowest BCUT2D eigenvalue weighted by atomic mass is 9.82. The Morgan fingerprint density at radius 2 is 1.88 bits per heavy atom. The van der Waals surface area contributed by atoms with Gasteiger partial charge in [-0.2, -0.15) is 5.26 Å². The molecule has 0 radical (unpaired) electrons. The molecule has 1 saturated carbocycles. The van der Waals surface area contributed by atoms with Crippen LogP contribution in [0.4, 0.5) is 0 Å². The van der Waals surface area contributed by atoms with Crippen molar-refractivity contribution in [3.63, 3.8) is 0 Å². The molecule has 0 aromatic carbocycles. The largest absolute Gasteiger partial charge is 0.299 e. The van der Waals surface area contributed by atoms with E-state index in [2.05, 4.69) is 24.8 Å². The predicted molar refractivity (Wildman–Crippen MR) is 70.6 cm³/mol. The van der Waals surface area contributed by atoms with Gasteiger partial charge in [-0.05, 0) is 37.6 Å². The van der Waals surface area contributed by atoms with Crippen molar-refractivity contribution in [3.05, 3.63) is 0 Å². The molecule has 0 aromatic heterocycles. The fourth-order valence-electron chi connectivity index (χ4n) is 3.63. The Bertz CT molecular complexity index is 290. The number of piperidine rings is 1. The molecule has 0 spiro atoms. The summed E-state index contributed by atoms with van der Waals surface area (Å²) in [5, 5.41) is 9.37. The van der Waals surface area contributed by atoms with Gasteiger partial charge in [-0.15, -0.1) is 0 Å². The lowest BCUT2D eigenvalue weighted by Crippen LogP contribution is -2.48. The lowest BCUT2D eigenvalue weighted by Gasteiger charge is -2.43. The van der Waals surface area contributed by atoms with E-state index in [1.165, 1.54) is 51.6 Å². The van der Waals surface area contributed by atoms with Crippen molar-refractivity contribution in [2.24, 2.45) is 11.3 Å². The Labute approximate surface area is 106 Å². The summed E-state index contributed by atoms with van der Waals surface area (Å²) in [6, 6.07) is 3.12. The van der Waals surface area contributed by atoms with Crippen molar-refractivity contribution in [2.45, 2.75) is 64.8 Å². The molecule has 96 valence electrons. The van der Waals surface area contributed by atoms with Crippen LogP contribution in [-0.4, -0.2) is 24.0 Å². The van der Waals surface area contributed by atoms with E-state index in [0.29, 0.717) is 11.5 Å². The second-order valence-corrected chi connectivity index (χ2v) is 6.68. The highest BCUT2D eigenvalue weighted by atomic mass is 15.2. The number of nitrogens with zero attached hydrogens (tertiary/aromatic N) is 2. The van der Waals surface area contributed by atoms with E-state index in [4.69, 9.17) is 0 Å². The highest BCUT2D eigenvalue weighted by Crippen LogP contribution is 2.34. The normalized spacial score (nSPS) is 34.9. The van der Waals surface area contributed by atoms with Gasteiger partial charge < -0.3 is 0 Å². The number of hydrogen-bond acceptors (Lipinski definition) is 2. The van der Waals surface area contributed by atoms with Crippen molar-refractivity contribution >= 4 is 0 Å². The Hall–Kier alpha value is -0.550. The Morgan fingerprint density at radius 1 is 1.12 bits per heavy atom. The minimum atomic E-state index is 0.284. The van der Waals surface area contributed by atoms with E-state index in [1.54, 1.807) is 0 Å². The molecule has 1 saturated heterocycles. The first-order valence-electron chi connectivity index (χ1n) is 7.26. The van der Waals surface area contributed by atoms with Gasteiger partial charge >= 0.3 is 0 Å². The molecule has 2 atom stereocenters. The van der Waals surface area contributed by atoms with Crippen LogP contribution in [0.2, 0.25) is 0 Å². The zero-order valence-corrected chi connectivity index (χ0v) is 11.4. The summed E-state index contributed by atoms with van der Waals surface area (Å²) in [5.41, 5.74) is 0.449. The molecule has 2 fully saturated rings. The number of nitriles is 1. The van der Waals surface area contributed by atoms with Gasteiger partial charge in [-0.25, -0.2) is 0 Å². The SMILES string of the molecule is CC1(C)CCCN(C2CCCCCC2C#N)C1. The first-order valence-corrected chi connectivity index (χ1v) is 7.26. The average Bonchev–Trinajstić information content (AvgIpc) is 2.52. The molecule has 0 bridgehead atoms. The molecule has 0 aromatic rings. The quantitative estimate of drug-likeness (QED) is 0.648. The molecule has 2 unspecified atom stereocenters. The number of likely N-dealkylation sites (tertiary alicyclic amines) is 1. The molecule has 2 nitrogen and oxygen atoms in total. The van der Waals surface area contributed by atoms with Gasteiger partial charge in [0.25, 0.3) is 0 Å². The molecular formula is C15H26N2. The van der Waals surface area contributed by atoms with E-state index in [-0.39, 0.29) is 5.92 Å². The second kappa shape index (κ2) is 5.40. The molecule has 2 heteroatoms.